The molecule has 1 aromatic carbocycles. The van der Waals surface area contributed by atoms with Crippen LogP contribution in [0.1, 0.15) is 53.6 Å². The molecule has 2 fully saturated rings. The highest BCUT2D eigenvalue weighted by Crippen LogP contribution is 2.28. The molecule has 1 aromatic heterocycles. The maximum absolute atomic E-state index is 12.6. The number of hydrogen-bond donors (Lipinski definition) is 0. The Morgan fingerprint density at radius 1 is 1.04 bits per heavy atom. The molecule has 0 bridgehead atoms. The Labute approximate surface area is 154 Å². The third kappa shape index (κ3) is 3.51. The number of amides is 1. The molecule has 138 valence electrons. The summed E-state index contributed by atoms with van der Waals surface area (Å²) < 4.78 is 2.18. The van der Waals surface area contributed by atoms with E-state index in [9.17, 15) is 4.79 Å². The Morgan fingerprint density at radius 3 is 2.42 bits per heavy atom. The molecule has 0 radical (unpaired) electrons. The highest BCUT2D eigenvalue weighted by molar-refractivity contribution is 5.94. The summed E-state index contributed by atoms with van der Waals surface area (Å²) in [4.78, 5) is 17.0. The van der Waals surface area contributed by atoms with Crippen molar-refractivity contribution in [2.45, 2.75) is 38.1 Å². The Bertz CT molecular complexity index is 743. The molecule has 6 heteroatoms. The lowest BCUT2D eigenvalue weighted by Gasteiger charge is -2.31. The zero-order valence-electron chi connectivity index (χ0n) is 15.5. The molecule has 3 heterocycles. The third-order valence-corrected chi connectivity index (χ3v) is 5.73. The largest absolute Gasteiger partial charge is 0.339 e. The van der Waals surface area contributed by atoms with Gasteiger partial charge in [-0.3, -0.25) is 9.69 Å². The van der Waals surface area contributed by atoms with Crippen molar-refractivity contribution >= 4 is 5.91 Å². The van der Waals surface area contributed by atoms with Crippen molar-refractivity contribution in [3.8, 4) is 0 Å². The van der Waals surface area contributed by atoms with Gasteiger partial charge < -0.3 is 9.47 Å². The Kier molecular flexibility index (Phi) is 5.02. The number of rotatable bonds is 4. The van der Waals surface area contributed by atoms with Crippen molar-refractivity contribution in [2.75, 3.05) is 26.2 Å². The molecule has 2 saturated heterocycles. The van der Waals surface area contributed by atoms with Crippen LogP contribution in [0.2, 0.25) is 0 Å². The van der Waals surface area contributed by atoms with Crippen LogP contribution in [-0.2, 0) is 13.6 Å². The van der Waals surface area contributed by atoms with Gasteiger partial charge in [-0.2, -0.15) is 0 Å². The molecule has 0 atom stereocenters. The van der Waals surface area contributed by atoms with Gasteiger partial charge >= 0.3 is 0 Å². The van der Waals surface area contributed by atoms with Crippen molar-refractivity contribution in [2.24, 2.45) is 7.05 Å². The average Bonchev–Trinajstić information content (AvgIpc) is 3.33. The fourth-order valence-electron chi connectivity index (χ4n) is 4.11. The lowest BCUT2D eigenvalue weighted by molar-refractivity contribution is 0.0710. The fourth-order valence-corrected chi connectivity index (χ4v) is 4.11. The maximum atomic E-state index is 12.6. The minimum atomic E-state index is 0.136. The number of carbonyl (C=O) groups is 1. The molecule has 2 aliphatic heterocycles. The highest BCUT2D eigenvalue weighted by Gasteiger charge is 2.28. The SMILES string of the molecule is Cn1c(CN2CCCC2)nnc1C1CCN(C(=O)c2ccccc2)CC1. The number of carbonyl (C=O) groups excluding carboxylic acids is 1. The standard InChI is InChI=1S/C20H27N5O/c1-23-18(15-24-11-5-6-12-24)21-22-19(23)16-9-13-25(14-10-16)20(26)17-7-3-2-4-8-17/h2-4,7-8,16H,5-6,9-15H2,1H3. The molecule has 0 unspecified atom stereocenters. The first-order valence-electron chi connectivity index (χ1n) is 9.67. The molecule has 0 saturated carbocycles. The number of aromatic nitrogens is 3. The predicted molar refractivity (Wildman–Crippen MR) is 99.8 cm³/mol. The maximum Gasteiger partial charge on any atom is 0.253 e. The van der Waals surface area contributed by atoms with E-state index in [0.717, 1.165) is 49.7 Å². The van der Waals surface area contributed by atoms with Crippen LogP contribution in [0.25, 0.3) is 0 Å². The number of piperidine rings is 1. The van der Waals surface area contributed by atoms with Crippen LogP contribution >= 0.6 is 0 Å². The van der Waals surface area contributed by atoms with Crippen LogP contribution in [0.15, 0.2) is 30.3 Å². The second-order valence-electron chi connectivity index (χ2n) is 7.45. The van der Waals surface area contributed by atoms with Gasteiger partial charge in [-0.15, -0.1) is 10.2 Å². The zero-order chi connectivity index (χ0) is 17.9. The van der Waals surface area contributed by atoms with E-state index in [1.165, 1.54) is 25.9 Å². The van der Waals surface area contributed by atoms with Crippen LogP contribution < -0.4 is 0 Å². The summed E-state index contributed by atoms with van der Waals surface area (Å²) >= 11 is 0. The van der Waals surface area contributed by atoms with Gasteiger partial charge in [-0.05, 0) is 50.9 Å². The lowest BCUT2D eigenvalue weighted by atomic mass is 9.95. The molecular weight excluding hydrogens is 326 g/mol. The fraction of sp³-hybridized carbons (Fsp3) is 0.550. The molecule has 2 aliphatic rings. The smallest absolute Gasteiger partial charge is 0.253 e. The van der Waals surface area contributed by atoms with Crippen LogP contribution in [0, 0.1) is 0 Å². The topological polar surface area (TPSA) is 54.3 Å². The third-order valence-electron chi connectivity index (χ3n) is 5.73. The molecule has 1 amide bonds. The van der Waals surface area contributed by atoms with E-state index in [2.05, 4.69) is 26.7 Å². The summed E-state index contributed by atoms with van der Waals surface area (Å²) in [6, 6.07) is 9.56. The van der Waals surface area contributed by atoms with Gasteiger partial charge in [-0.25, -0.2) is 0 Å². The van der Waals surface area contributed by atoms with Gasteiger partial charge in [0.25, 0.3) is 5.91 Å². The van der Waals surface area contributed by atoms with Gasteiger partial charge in [-0.1, -0.05) is 18.2 Å². The number of nitrogens with zero attached hydrogens (tertiary/aromatic N) is 5. The van der Waals surface area contributed by atoms with E-state index in [4.69, 9.17) is 0 Å². The van der Waals surface area contributed by atoms with E-state index in [1.54, 1.807) is 0 Å². The zero-order valence-corrected chi connectivity index (χ0v) is 15.5. The van der Waals surface area contributed by atoms with Gasteiger partial charge in [0.05, 0.1) is 6.54 Å². The van der Waals surface area contributed by atoms with Crippen molar-refractivity contribution < 1.29 is 4.79 Å². The van der Waals surface area contributed by atoms with Crippen LogP contribution in [0.5, 0.6) is 0 Å². The van der Waals surface area contributed by atoms with Crippen molar-refractivity contribution in [1.82, 2.24) is 24.6 Å². The summed E-state index contributed by atoms with van der Waals surface area (Å²) in [7, 11) is 2.09. The molecule has 6 nitrogen and oxygen atoms in total. The van der Waals surface area contributed by atoms with E-state index >= 15 is 0 Å². The molecule has 2 aromatic rings. The van der Waals surface area contributed by atoms with Crippen LogP contribution in [-0.4, -0.2) is 56.7 Å². The Balaban J connectivity index is 1.37. The van der Waals surface area contributed by atoms with Gasteiger partial charge in [0.2, 0.25) is 0 Å². The average molecular weight is 353 g/mol. The molecule has 4 rings (SSSR count). The summed E-state index contributed by atoms with van der Waals surface area (Å²) in [5.41, 5.74) is 0.775. The normalized spacial score (nSPS) is 19.2. The summed E-state index contributed by atoms with van der Waals surface area (Å²) in [5.74, 6) is 2.66. The number of benzene rings is 1. The van der Waals surface area contributed by atoms with Gasteiger partial charge in [0.15, 0.2) is 0 Å². The van der Waals surface area contributed by atoms with Crippen LogP contribution in [0.3, 0.4) is 0 Å². The van der Waals surface area contributed by atoms with Crippen LogP contribution in [0.4, 0.5) is 0 Å². The summed E-state index contributed by atoms with van der Waals surface area (Å²) in [6.45, 7) is 4.80. The molecular formula is C20H27N5O. The predicted octanol–water partition coefficient (Wildman–Crippen LogP) is 2.43. The minimum Gasteiger partial charge on any atom is -0.339 e. The van der Waals surface area contributed by atoms with Crippen molar-refractivity contribution in [3.63, 3.8) is 0 Å². The number of likely N-dealkylation sites (tertiary alicyclic amines) is 2. The van der Waals surface area contributed by atoms with E-state index in [0.29, 0.717) is 5.92 Å². The summed E-state index contributed by atoms with van der Waals surface area (Å²) in [5, 5.41) is 8.94. The van der Waals surface area contributed by atoms with E-state index in [-0.39, 0.29) is 5.91 Å². The minimum absolute atomic E-state index is 0.136. The summed E-state index contributed by atoms with van der Waals surface area (Å²) in [6.07, 6.45) is 4.49. The Hall–Kier alpha value is -2.21. The van der Waals surface area contributed by atoms with Gasteiger partial charge in [0.1, 0.15) is 11.6 Å². The second kappa shape index (κ2) is 7.58. The number of hydrogen-bond acceptors (Lipinski definition) is 4. The first-order chi connectivity index (χ1) is 12.7. The highest BCUT2D eigenvalue weighted by atomic mass is 16.2. The second-order valence-corrected chi connectivity index (χ2v) is 7.45. The lowest BCUT2D eigenvalue weighted by Crippen LogP contribution is -2.38. The first kappa shape index (κ1) is 17.2. The quantitative estimate of drug-likeness (QED) is 0.847. The molecule has 0 N–H and O–H groups in total. The Morgan fingerprint density at radius 2 is 1.73 bits per heavy atom. The molecule has 0 aliphatic carbocycles. The van der Waals surface area contributed by atoms with Gasteiger partial charge in [0, 0.05) is 31.6 Å². The molecule has 0 spiro atoms. The van der Waals surface area contributed by atoms with Crippen molar-refractivity contribution in [1.29, 1.82) is 0 Å². The first-order valence-corrected chi connectivity index (χ1v) is 9.67. The van der Waals surface area contributed by atoms with Crippen molar-refractivity contribution in [3.05, 3.63) is 47.5 Å². The monoisotopic (exact) mass is 353 g/mol. The molecule has 26 heavy (non-hydrogen) atoms. The van der Waals surface area contributed by atoms with E-state index in [1.807, 2.05) is 35.2 Å². The van der Waals surface area contributed by atoms with E-state index < -0.39 is 0 Å².